The lowest BCUT2D eigenvalue weighted by molar-refractivity contribution is 0.197. The topological polar surface area (TPSA) is 132 Å². The van der Waals surface area contributed by atoms with Crippen LogP contribution < -0.4 is 22.9 Å². The van der Waals surface area contributed by atoms with Crippen molar-refractivity contribution >= 4 is 11.9 Å². The molecule has 0 unspecified atom stereocenters. The van der Waals surface area contributed by atoms with E-state index in [4.69, 9.17) is 22.9 Å². The van der Waals surface area contributed by atoms with Crippen molar-refractivity contribution in [1.82, 2.24) is 4.90 Å². The van der Waals surface area contributed by atoms with Gasteiger partial charge in [-0.05, 0) is 6.92 Å². The maximum atomic E-state index is 5.59. The third-order valence-electron chi connectivity index (χ3n) is 1.55. The number of nitrogens with zero attached hydrogens (tertiary/aromatic N) is 3. The van der Waals surface area contributed by atoms with Gasteiger partial charge >= 0.3 is 0 Å². The monoisotopic (exact) mass is 171 g/mol. The van der Waals surface area contributed by atoms with Crippen LogP contribution >= 0.6 is 0 Å². The van der Waals surface area contributed by atoms with Crippen LogP contribution in [0.15, 0.2) is 9.98 Å². The molecule has 0 spiro atoms. The van der Waals surface area contributed by atoms with Crippen molar-refractivity contribution in [2.24, 2.45) is 32.9 Å². The molecule has 68 valence electrons. The van der Waals surface area contributed by atoms with Crippen LogP contribution in [0.25, 0.3) is 0 Å². The van der Waals surface area contributed by atoms with Crippen molar-refractivity contribution in [3.05, 3.63) is 0 Å². The van der Waals surface area contributed by atoms with E-state index in [0.717, 1.165) is 0 Å². The Labute approximate surface area is 70.1 Å². The van der Waals surface area contributed by atoms with E-state index < -0.39 is 5.91 Å². The number of nitrogens with two attached hydrogens (primary N) is 4. The van der Waals surface area contributed by atoms with Crippen LogP contribution in [-0.2, 0) is 0 Å². The molecule has 7 nitrogen and oxygen atoms in total. The number of rotatable bonds is 1. The van der Waals surface area contributed by atoms with Crippen molar-refractivity contribution < 1.29 is 0 Å². The van der Waals surface area contributed by atoms with Gasteiger partial charge in [0.2, 0.25) is 17.8 Å². The summed E-state index contributed by atoms with van der Waals surface area (Å²) in [5.41, 5.74) is 22.0. The molecule has 0 saturated heterocycles. The van der Waals surface area contributed by atoms with Crippen LogP contribution in [0.5, 0.6) is 0 Å². The summed E-state index contributed by atoms with van der Waals surface area (Å²) >= 11 is 0. The second kappa shape index (κ2) is 2.61. The van der Waals surface area contributed by atoms with E-state index in [2.05, 4.69) is 9.98 Å². The molecular formula is C5H13N7. The van der Waals surface area contributed by atoms with Crippen LogP contribution in [0.3, 0.4) is 0 Å². The Kier molecular flexibility index (Phi) is 1.90. The predicted octanol–water partition coefficient (Wildman–Crippen LogP) is -2.52. The van der Waals surface area contributed by atoms with E-state index in [-0.39, 0.29) is 11.9 Å². The molecule has 0 aromatic carbocycles. The number of hydrogen-bond acceptors (Lipinski definition) is 7. The standard InChI is InChI=1S/C5H13N7/c1-2-12-4(7)10-3(6)11-5(12,8)9/h2,8-9H2,1H3,(H4,6,7,10,11). The summed E-state index contributed by atoms with van der Waals surface area (Å²) in [7, 11) is 0. The molecule has 12 heavy (non-hydrogen) atoms. The van der Waals surface area contributed by atoms with E-state index in [1.165, 1.54) is 4.90 Å². The zero-order chi connectivity index (χ0) is 9.35. The number of guanidine groups is 2. The Balaban J connectivity index is 2.99. The second-order valence-electron chi connectivity index (χ2n) is 2.47. The van der Waals surface area contributed by atoms with Gasteiger partial charge in [0.15, 0.2) is 0 Å². The minimum atomic E-state index is -1.37. The van der Waals surface area contributed by atoms with Gasteiger partial charge in [-0.15, -0.1) is 0 Å². The molecule has 0 fully saturated rings. The van der Waals surface area contributed by atoms with Crippen LogP contribution in [-0.4, -0.2) is 29.3 Å². The zero-order valence-corrected chi connectivity index (χ0v) is 6.86. The average molecular weight is 171 g/mol. The average Bonchev–Trinajstić information content (AvgIpc) is 1.82. The quantitative estimate of drug-likeness (QED) is 0.323. The molecule has 1 aliphatic heterocycles. The van der Waals surface area contributed by atoms with Crippen molar-refractivity contribution in [3.63, 3.8) is 0 Å². The fraction of sp³-hybridized carbons (Fsp3) is 0.600. The molecule has 0 atom stereocenters. The van der Waals surface area contributed by atoms with Gasteiger partial charge in [0, 0.05) is 6.54 Å². The Morgan fingerprint density at radius 2 is 2.00 bits per heavy atom. The van der Waals surface area contributed by atoms with Gasteiger partial charge in [-0.3, -0.25) is 16.4 Å². The molecule has 7 heteroatoms. The first-order valence-electron chi connectivity index (χ1n) is 3.52. The van der Waals surface area contributed by atoms with Gasteiger partial charge in [-0.2, -0.15) is 9.98 Å². The maximum absolute atomic E-state index is 5.59. The van der Waals surface area contributed by atoms with Crippen molar-refractivity contribution in [3.8, 4) is 0 Å². The molecule has 0 aromatic heterocycles. The molecule has 1 rings (SSSR count). The number of aliphatic imine (C=N–C) groups is 2. The predicted molar refractivity (Wildman–Crippen MR) is 46.7 cm³/mol. The summed E-state index contributed by atoms with van der Waals surface area (Å²) in [6, 6.07) is 0. The van der Waals surface area contributed by atoms with Gasteiger partial charge in [-0.25, -0.2) is 0 Å². The van der Waals surface area contributed by atoms with Crippen molar-refractivity contribution in [1.29, 1.82) is 0 Å². The molecule has 0 amide bonds. The van der Waals surface area contributed by atoms with Crippen LogP contribution in [0.1, 0.15) is 6.92 Å². The minimum Gasteiger partial charge on any atom is -0.369 e. The Morgan fingerprint density at radius 1 is 1.42 bits per heavy atom. The van der Waals surface area contributed by atoms with Gasteiger partial charge in [-0.1, -0.05) is 0 Å². The highest BCUT2D eigenvalue weighted by atomic mass is 15.5. The highest BCUT2D eigenvalue weighted by molar-refractivity contribution is 5.95. The third-order valence-corrected chi connectivity index (χ3v) is 1.55. The first kappa shape index (κ1) is 8.75. The second-order valence-corrected chi connectivity index (χ2v) is 2.47. The lowest BCUT2D eigenvalue weighted by Gasteiger charge is -2.36. The lowest BCUT2D eigenvalue weighted by Crippen LogP contribution is -2.67. The molecule has 1 aliphatic rings. The van der Waals surface area contributed by atoms with Crippen LogP contribution in [0, 0.1) is 0 Å². The molecule has 8 N–H and O–H groups in total. The Bertz CT molecular complexity index is 240. The zero-order valence-electron chi connectivity index (χ0n) is 6.86. The largest absolute Gasteiger partial charge is 0.369 e. The van der Waals surface area contributed by atoms with Gasteiger partial charge in [0.1, 0.15) is 0 Å². The van der Waals surface area contributed by atoms with Gasteiger partial charge in [0.05, 0.1) is 0 Å². The minimum absolute atomic E-state index is 0.00204. The molecule has 0 aromatic rings. The van der Waals surface area contributed by atoms with Crippen LogP contribution in [0.2, 0.25) is 0 Å². The summed E-state index contributed by atoms with van der Waals surface area (Å²) in [5, 5.41) is 0. The molecular weight excluding hydrogens is 158 g/mol. The summed E-state index contributed by atoms with van der Waals surface area (Å²) < 4.78 is 0. The SMILES string of the molecule is CCN1C(N)=NC(N)=NC1(N)N. The molecule has 1 heterocycles. The lowest BCUT2D eigenvalue weighted by atomic mass is 10.4. The van der Waals surface area contributed by atoms with E-state index >= 15 is 0 Å². The highest BCUT2D eigenvalue weighted by Crippen LogP contribution is 2.07. The smallest absolute Gasteiger partial charge is 0.247 e. The first-order valence-corrected chi connectivity index (χ1v) is 3.52. The number of hydrogen-bond donors (Lipinski definition) is 4. The molecule has 0 aliphatic carbocycles. The van der Waals surface area contributed by atoms with E-state index in [0.29, 0.717) is 6.54 Å². The molecule has 0 radical (unpaired) electrons. The van der Waals surface area contributed by atoms with E-state index in [1.807, 2.05) is 6.92 Å². The van der Waals surface area contributed by atoms with Crippen LogP contribution in [0.4, 0.5) is 0 Å². The summed E-state index contributed by atoms with van der Waals surface area (Å²) in [6.07, 6.45) is 0. The van der Waals surface area contributed by atoms with Crippen molar-refractivity contribution in [2.75, 3.05) is 6.54 Å². The summed E-state index contributed by atoms with van der Waals surface area (Å²) in [5.74, 6) is -1.18. The Morgan fingerprint density at radius 3 is 2.42 bits per heavy atom. The molecule has 0 bridgehead atoms. The van der Waals surface area contributed by atoms with Gasteiger partial charge in [0.25, 0.3) is 0 Å². The van der Waals surface area contributed by atoms with E-state index in [1.54, 1.807) is 0 Å². The maximum Gasteiger partial charge on any atom is 0.247 e. The highest BCUT2D eigenvalue weighted by Gasteiger charge is 2.31. The normalized spacial score (nSPS) is 21.8. The van der Waals surface area contributed by atoms with Gasteiger partial charge < -0.3 is 11.5 Å². The summed E-state index contributed by atoms with van der Waals surface area (Å²) in [6.45, 7) is 2.37. The fourth-order valence-electron chi connectivity index (χ4n) is 1.05. The van der Waals surface area contributed by atoms with Crippen molar-refractivity contribution in [2.45, 2.75) is 12.8 Å². The Hall–Kier alpha value is -1.34. The first-order chi connectivity index (χ1) is 5.47. The molecule has 0 saturated carbocycles. The summed E-state index contributed by atoms with van der Waals surface area (Å²) in [4.78, 5) is 8.89. The van der Waals surface area contributed by atoms with E-state index in [9.17, 15) is 0 Å². The third kappa shape index (κ3) is 1.31. The fourth-order valence-corrected chi connectivity index (χ4v) is 1.05.